The van der Waals surface area contributed by atoms with Crippen molar-refractivity contribution in [3.8, 4) is 10.6 Å². The first-order chi connectivity index (χ1) is 16.6. The lowest BCUT2D eigenvalue weighted by Crippen LogP contribution is -2.28. The monoisotopic (exact) mass is 493 g/mol. The summed E-state index contributed by atoms with van der Waals surface area (Å²) in [5, 5.41) is 17.9. The van der Waals surface area contributed by atoms with Crippen molar-refractivity contribution in [3.05, 3.63) is 76.4 Å². The standard InChI is InChI=1S/C27H28ClN3O2S/c28-23-12-21-10-11-31(16-24-17-34-26(30-24)19-4-2-1-3-5-19)25(21)22(13-23)15-29-14-18-6-8-20(9-7-18)27(32)33/h1-5,10-13,17-18,20,29H,6-9,14-16H2,(H,32,33). The lowest BCUT2D eigenvalue weighted by molar-refractivity contribution is -0.143. The van der Waals surface area contributed by atoms with Crippen molar-refractivity contribution in [2.45, 2.75) is 38.8 Å². The van der Waals surface area contributed by atoms with E-state index in [-0.39, 0.29) is 5.92 Å². The third kappa shape index (κ3) is 5.19. The highest BCUT2D eigenvalue weighted by molar-refractivity contribution is 7.13. The fourth-order valence-electron chi connectivity index (χ4n) is 4.96. The number of halogens is 1. The third-order valence-electron chi connectivity index (χ3n) is 6.75. The Morgan fingerprint density at radius 3 is 2.71 bits per heavy atom. The van der Waals surface area contributed by atoms with Crippen LogP contribution in [0, 0.1) is 11.8 Å². The van der Waals surface area contributed by atoms with Gasteiger partial charge in [0.25, 0.3) is 0 Å². The second-order valence-electron chi connectivity index (χ2n) is 9.14. The van der Waals surface area contributed by atoms with Crippen LogP contribution in [0.5, 0.6) is 0 Å². The van der Waals surface area contributed by atoms with Gasteiger partial charge in [-0.25, -0.2) is 4.98 Å². The number of carboxylic acids is 1. The maximum atomic E-state index is 11.2. The van der Waals surface area contributed by atoms with E-state index < -0.39 is 5.97 Å². The number of hydrogen-bond donors (Lipinski definition) is 2. The van der Waals surface area contributed by atoms with Gasteiger partial charge >= 0.3 is 5.97 Å². The number of nitrogens with zero attached hydrogens (tertiary/aromatic N) is 2. The number of aromatic nitrogens is 2. The molecule has 0 aliphatic heterocycles. The van der Waals surface area contributed by atoms with Crippen molar-refractivity contribution >= 4 is 39.8 Å². The van der Waals surface area contributed by atoms with E-state index in [2.05, 4.69) is 39.7 Å². The van der Waals surface area contributed by atoms with Crippen molar-refractivity contribution in [2.24, 2.45) is 11.8 Å². The molecule has 0 radical (unpaired) electrons. The summed E-state index contributed by atoms with van der Waals surface area (Å²) in [7, 11) is 0. The molecule has 34 heavy (non-hydrogen) atoms. The van der Waals surface area contributed by atoms with Crippen molar-refractivity contribution in [2.75, 3.05) is 6.54 Å². The average Bonchev–Trinajstić information content (AvgIpc) is 3.47. The van der Waals surface area contributed by atoms with E-state index in [0.29, 0.717) is 12.5 Å². The summed E-state index contributed by atoms with van der Waals surface area (Å²) in [6.45, 7) is 2.33. The molecule has 2 N–H and O–H groups in total. The largest absolute Gasteiger partial charge is 0.481 e. The molecule has 2 heterocycles. The number of fused-ring (bicyclic) bond motifs is 1. The van der Waals surface area contributed by atoms with Gasteiger partial charge in [0.2, 0.25) is 0 Å². The van der Waals surface area contributed by atoms with E-state index in [1.807, 2.05) is 30.3 Å². The number of aliphatic carboxylic acids is 1. The topological polar surface area (TPSA) is 67.2 Å². The molecule has 5 rings (SSSR count). The number of benzene rings is 2. The fourth-order valence-corrected chi connectivity index (χ4v) is 6.03. The lowest BCUT2D eigenvalue weighted by Gasteiger charge is -2.26. The Morgan fingerprint density at radius 1 is 1.15 bits per heavy atom. The molecule has 7 heteroatoms. The van der Waals surface area contributed by atoms with E-state index in [1.165, 1.54) is 11.1 Å². The first kappa shape index (κ1) is 23.1. The molecule has 1 saturated carbocycles. The fraction of sp³-hybridized carbons (Fsp3) is 0.333. The Hall–Kier alpha value is -2.67. The van der Waals surface area contributed by atoms with Crippen LogP contribution in [-0.4, -0.2) is 27.2 Å². The predicted molar refractivity (Wildman–Crippen MR) is 138 cm³/mol. The molecule has 0 amide bonds. The molecule has 1 fully saturated rings. The minimum Gasteiger partial charge on any atom is -0.481 e. The highest BCUT2D eigenvalue weighted by Crippen LogP contribution is 2.30. The van der Waals surface area contributed by atoms with Crippen LogP contribution in [-0.2, 0) is 17.9 Å². The Bertz CT molecular complexity index is 1280. The second kappa shape index (κ2) is 10.3. The van der Waals surface area contributed by atoms with Crippen molar-refractivity contribution < 1.29 is 9.90 Å². The normalized spacial score (nSPS) is 18.4. The van der Waals surface area contributed by atoms with E-state index in [0.717, 1.165) is 65.4 Å². The Kier molecular flexibility index (Phi) is 6.99. The highest BCUT2D eigenvalue weighted by Gasteiger charge is 2.25. The summed E-state index contributed by atoms with van der Waals surface area (Å²) >= 11 is 8.11. The van der Waals surface area contributed by atoms with Crippen molar-refractivity contribution in [3.63, 3.8) is 0 Å². The zero-order chi connectivity index (χ0) is 23.5. The summed E-state index contributed by atoms with van der Waals surface area (Å²) in [4.78, 5) is 16.1. The number of carboxylic acid groups (broad SMARTS) is 1. The van der Waals surface area contributed by atoms with E-state index in [4.69, 9.17) is 16.6 Å². The second-order valence-corrected chi connectivity index (χ2v) is 10.4. The summed E-state index contributed by atoms with van der Waals surface area (Å²) in [6.07, 6.45) is 5.62. The number of rotatable bonds is 8. The molecule has 0 atom stereocenters. The minimum atomic E-state index is -0.649. The van der Waals surface area contributed by atoms with Gasteiger partial charge in [0, 0.05) is 34.1 Å². The SMILES string of the molecule is O=C(O)C1CCC(CNCc2cc(Cl)cc3ccn(Cc4csc(-c5ccccc5)n4)c23)CC1. The lowest BCUT2D eigenvalue weighted by atomic mass is 9.82. The summed E-state index contributed by atoms with van der Waals surface area (Å²) in [5.74, 6) is -0.284. The molecule has 0 unspecified atom stereocenters. The van der Waals surface area contributed by atoms with Crippen LogP contribution < -0.4 is 5.32 Å². The Labute approximate surface area is 208 Å². The molecule has 176 valence electrons. The van der Waals surface area contributed by atoms with E-state index in [1.54, 1.807) is 11.3 Å². The molecule has 0 bridgehead atoms. The molecule has 1 aliphatic rings. The van der Waals surface area contributed by atoms with Crippen LogP contribution >= 0.6 is 22.9 Å². The molecule has 4 aromatic rings. The van der Waals surface area contributed by atoms with Crippen LogP contribution in [0.1, 0.15) is 36.9 Å². The van der Waals surface area contributed by atoms with Gasteiger partial charge in [-0.2, -0.15) is 0 Å². The zero-order valence-electron chi connectivity index (χ0n) is 18.9. The van der Waals surface area contributed by atoms with Gasteiger partial charge < -0.3 is 15.0 Å². The quantitative estimate of drug-likeness (QED) is 0.296. The highest BCUT2D eigenvalue weighted by atomic mass is 35.5. The molecular weight excluding hydrogens is 466 g/mol. The summed E-state index contributed by atoms with van der Waals surface area (Å²) in [5.41, 5.74) is 4.54. The number of hydrogen-bond acceptors (Lipinski definition) is 4. The van der Waals surface area contributed by atoms with Gasteiger partial charge in [0.05, 0.1) is 23.7 Å². The van der Waals surface area contributed by atoms with Crippen LogP contribution in [0.2, 0.25) is 5.02 Å². The predicted octanol–water partition coefficient (Wildman–Crippen LogP) is 6.45. The Balaban J connectivity index is 1.28. The number of thiazole rings is 1. The molecular formula is C27H28ClN3O2S. The zero-order valence-corrected chi connectivity index (χ0v) is 20.5. The molecule has 5 nitrogen and oxygen atoms in total. The number of nitrogens with one attached hydrogen (secondary N) is 1. The van der Waals surface area contributed by atoms with Gasteiger partial charge in [-0.05, 0) is 61.9 Å². The summed E-state index contributed by atoms with van der Waals surface area (Å²) in [6, 6.07) is 16.5. The first-order valence-corrected chi connectivity index (χ1v) is 13.0. The van der Waals surface area contributed by atoms with Crippen LogP contribution in [0.25, 0.3) is 21.5 Å². The smallest absolute Gasteiger partial charge is 0.306 e. The molecule has 0 spiro atoms. The van der Waals surface area contributed by atoms with Gasteiger partial charge in [-0.1, -0.05) is 41.9 Å². The first-order valence-electron chi connectivity index (χ1n) is 11.8. The van der Waals surface area contributed by atoms with Crippen molar-refractivity contribution in [1.82, 2.24) is 14.9 Å². The maximum Gasteiger partial charge on any atom is 0.306 e. The minimum absolute atomic E-state index is 0.166. The van der Waals surface area contributed by atoms with Gasteiger partial charge in [-0.3, -0.25) is 4.79 Å². The molecule has 0 saturated heterocycles. The van der Waals surface area contributed by atoms with Gasteiger partial charge in [-0.15, -0.1) is 11.3 Å². The summed E-state index contributed by atoms with van der Waals surface area (Å²) < 4.78 is 2.25. The van der Waals surface area contributed by atoms with Crippen LogP contribution in [0.3, 0.4) is 0 Å². The van der Waals surface area contributed by atoms with Crippen LogP contribution in [0.15, 0.2) is 60.1 Å². The van der Waals surface area contributed by atoms with E-state index >= 15 is 0 Å². The molecule has 2 aromatic heterocycles. The van der Waals surface area contributed by atoms with E-state index in [9.17, 15) is 9.90 Å². The van der Waals surface area contributed by atoms with Crippen molar-refractivity contribution in [1.29, 1.82) is 0 Å². The molecule has 1 aliphatic carbocycles. The third-order valence-corrected chi connectivity index (χ3v) is 7.91. The van der Waals surface area contributed by atoms with Crippen LogP contribution in [0.4, 0.5) is 0 Å². The van der Waals surface area contributed by atoms with Gasteiger partial charge in [0.15, 0.2) is 0 Å². The number of carbonyl (C=O) groups is 1. The average molecular weight is 494 g/mol. The Morgan fingerprint density at radius 2 is 1.94 bits per heavy atom. The van der Waals surface area contributed by atoms with Gasteiger partial charge in [0.1, 0.15) is 5.01 Å². The molecule has 2 aromatic carbocycles. The maximum absolute atomic E-state index is 11.2.